The zero-order chi connectivity index (χ0) is 19.8. The highest BCUT2D eigenvalue weighted by atomic mass is 16.2. The molecule has 5 rings (SSSR count). The number of hydrogen-bond donors (Lipinski definition) is 1. The van der Waals surface area contributed by atoms with E-state index in [-0.39, 0.29) is 23.8 Å². The number of rotatable bonds is 4. The zero-order valence-electron chi connectivity index (χ0n) is 16.1. The molecule has 2 aromatic heterocycles. The van der Waals surface area contributed by atoms with Gasteiger partial charge in [0, 0.05) is 44.2 Å². The van der Waals surface area contributed by atoms with E-state index in [4.69, 9.17) is 0 Å². The predicted octanol–water partition coefficient (Wildman–Crippen LogP) is 2.02. The molecule has 3 aromatic rings. The number of amides is 2. The first-order chi connectivity index (χ1) is 14.2. The summed E-state index contributed by atoms with van der Waals surface area (Å²) in [5.41, 5.74) is 3.35. The van der Waals surface area contributed by atoms with Crippen LogP contribution < -0.4 is 5.32 Å². The summed E-state index contributed by atoms with van der Waals surface area (Å²) in [6.07, 6.45) is 5.66. The van der Waals surface area contributed by atoms with E-state index >= 15 is 0 Å². The maximum atomic E-state index is 13.0. The second kappa shape index (κ2) is 7.31. The molecule has 2 saturated heterocycles. The fourth-order valence-corrected chi connectivity index (χ4v) is 4.42. The molecule has 0 unspecified atom stereocenters. The van der Waals surface area contributed by atoms with Crippen LogP contribution in [0.3, 0.4) is 0 Å². The van der Waals surface area contributed by atoms with E-state index in [1.165, 1.54) is 5.56 Å². The van der Waals surface area contributed by atoms with Crippen molar-refractivity contribution < 1.29 is 9.59 Å². The third-order valence-electron chi connectivity index (χ3n) is 6.00. The van der Waals surface area contributed by atoms with Crippen LogP contribution in [0.25, 0.3) is 11.2 Å². The molecule has 0 saturated carbocycles. The van der Waals surface area contributed by atoms with Gasteiger partial charge < -0.3 is 14.8 Å². The van der Waals surface area contributed by atoms with E-state index in [1.807, 2.05) is 33.7 Å². The van der Waals surface area contributed by atoms with Gasteiger partial charge in [-0.05, 0) is 24.5 Å². The second-order valence-corrected chi connectivity index (χ2v) is 7.92. The van der Waals surface area contributed by atoms with Crippen molar-refractivity contribution in [1.82, 2.24) is 24.8 Å². The van der Waals surface area contributed by atoms with Crippen LogP contribution in [-0.4, -0.2) is 50.4 Å². The number of likely N-dealkylation sites (tertiary alicyclic amines) is 1. The van der Waals surface area contributed by atoms with Gasteiger partial charge in [-0.2, -0.15) is 0 Å². The molecule has 2 atom stereocenters. The van der Waals surface area contributed by atoms with Crippen molar-refractivity contribution in [3.63, 3.8) is 0 Å². The molecule has 4 heterocycles. The molecule has 0 bridgehead atoms. The van der Waals surface area contributed by atoms with E-state index in [0.29, 0.717) is 25.1 Å². The normalized spacial score (nSPS) is 21.2. The minimum Gasteiger partial charge on any atom is -0.353 e. The highest BCUT2D eigenvalue weighted by Gasteiger charge is 2.38. The van der Waals surface area contributed by atoms with E-state index in [9.17, 15) is 9.59 Å². The van der Waals surface area contributed by atoms with Gasteiger partial charge in [0.1, 0.15) is 5.52 Å². The average Bonchev–Trinajstić information content (AvgIpc) is 3.33. The lowest BCUT2D eigenvalue weighted by atomic mass is 9.93. The van der Waals surface area contributed by atoms with Crippen molar-refractivity contribution in [1.29, 1.82) is 0 Å². The smallest absolute Gasteiger partial charge is 0.255 e. The summed E-state index contributed by atoms with van der Waals surface area (Å²) in [5.74, 6) is 0.281. The van der Waals surface area contributed by atoms with Crippen LogP contribution >= 0.6 is 0 Å². The molecule has 0 aliphatic carbocycles. The van der Waals surface area contributed by atoms with Gasteiger partial charge in [-0.3, -0.25) is 9.59 Å². The minimum absolute atomic E-state index is 0.0314. The Bertz CT molecular complexity index is 1060. The number of imidazole rings is 1. The third kappa shape index (κ3) is 3.48. The predicted molar refractivity (Wildman–Crippen MR) is 108 cm³/mol. The number of nitrogens with zero attached hydrogens (tertiary/aromatic N) is 4. The quantitative estimate of drug-likeness (QED) is 0.740. The van der Waals surface area contributed by atoms with Gasteiger partial charge in [-0.25, -0.2) is 9.97 Å². The molecule has 1 N–H and O–H groups in total. The Morgan fingerprint density at radius 1 is 1.21 bits per heavy atom. The van der Waals surface area contributed by atoms with Gasteiger partial charge in [0.05, 0.1) is 11.9 Å². The van der Waals surface area contributed by atoms with E-state index < -0.39 is 0 Å². The Balaban J connectivity index is 1.30. The maximum Gasteiger partial charge on any atom is 0.255 e. The lowest BCUT2D eigenvalue weighted by Crippen LogP contribution is -2.47. The highest BCUT2D eigenvalue weighted by Crippen LogP contribution is 2.26. The molecule has 2 aliphatic rings. The molecule has 0 radical (unpaired) electrons. The van der Waals surface area contributed by atoms with E-state index in [2.05, 4.69) is 27.4 Å². The number of carbonyl (C=O) groups excluding carboxylic acids is 2. The second-order valence-electron chi connectivity index (χ2n) is 7.92. The van der Waals surface area contributed by atoms with Gasteiger partial charge in [0.25, 0.3) is 5.91 Å². The fourth-order valence-electron chi connectivity index (χ4n) is 4.42. The molecule has 148 valence electrons. The Labute approximate surface area is 168 Å². The Kier molecular flexibility index (Phi) is 4.50. The summed E-state index contributed by atoms with van der Waals surface area (Å²) < 4.78 is 2.03. The van der Waals surface area contributed by atoms with Crippen LogP contribution in [0.2, 0.25) is 0 Å². The summed E-state index contributed by atoms with van der Waals surface area (Å²) in [5, 5.41) is 3.00. The molecule has 0 spiro atoms. The van der Waals surface area contributed by atoms with Gasteiger partial charge in [0.2, 0.25) is 5.91 Å². The minimum atomic E-state index is -0.0314. The van der Waals surface area contributed by atoms with E-state index in [0.717, 1.165) is 30.6 Å². The van der Waals surface area contributed by atoms with Crippen LogP contribution in [0.1, 0.15) is 28.8 Å². The SMILES string of the molecule is O=C1C[C@@H]2CN(C(=O)c3cnc4c(c3)ncn4CCc3ccccc3)CC[C@@H]2N1. The number of benzene rings is 1. The van der Waals surface area contributed by atoms with Gasteiger partial charge in [0.15, 0.2) is 5.65 Å². The molecular formula is C22H23N5O2. The molecular weight excluding hydrogens is 366 g/mol. The first-order valence-corrected chi connectivity index (χ1v) is 10.1. The van der Waals surface area contributed by atoms with Crippen molar-refractivity contribution in [2.24, 2.45) is 5.92 Å². The monoisotopic (exact) mass is 389 g/mol. The molecule has 7 nitrogen and oxygen atoms in total. The van der Waals surface area contributed by atoms with Crippen LogP contribution in [0.15, 0.2) is 48.9 Å². The van der Waals surface area contributed by atoms with E-state index in [1.54, 1.807) is 12.5 Å². The molecule has 7 heteroatoms. The zero-order valence-corrected chi connectivity index (χ0v) is 16.1. The molecule has 2 fully saturated rings. The topological polar surface area (TPSA) is 80.1 Å². The molecule has 2 amide bonds. The Morgan fingerprint density at radius 2 is 2.07 bits per heavy atom. The summed E-state index contributed by atoms with van der Waals surface area (Å²) in [4.78, 5) is 35.4. The van der Waals surface area contributed by atoms with Crippen molar-refractivity contribution in [3.05, 3.63) is 60.0 Å². The number of fused-ring (bicyclic) bond motifs is 2. The van der Waals surface area contributed by atoms with Crippen LogP contribution in [0, 0.1) is 5.92 Å². The standard InChI is InChI=1S/C22H23N5O2/c28-20-11-17-13-26(9-7-18(17)25-20)22(29)16-10-19-21(23-12-16)27(14-24-19)8-6-15-4-2-1-3-5-15/h1-5,10,12,14,17-18H,6-9,11,13H2,(H,25,28)/t17-,18+/m1/s1. The number of aromatic nitrogens is 3. The molecule has 1 aromatic carbocycles. The summed E-state index contributed by atoms with van der Waals surface area (Å²) in [7, 11) is 0. The molecule has 29 heavy (non-hydrogen) atoms. The number of pyridine rings is 1. The summed E-state index contributed by atoms with van der Waals surface area (Å²) in [6.45, 7) is 2.06. The lowest BCUT2D eigenvalue weighted by Gasteiger charge is -2.34. The van der Waals surface area contributed by atoms with Gasteiger partial charge >= 0.3 is 0 Å². The third-order valence-corrected chi connectivity index (χ3v) is 6.00. The number of hydrogen-bond acceptors (Lipinski definition) is 4. The van der Waals surface area contributed by atoms with Crippen molar-refractivity contribution in [2.75, 3.05) is 13.1 Å². The number of piperidine rings is 1. The van der Waals surface area contributed by atoms with Gasteiger partial charge in [-0.1, -0.05) is 30.3 Å². The lowest BCUT2D eigenvalue weighted by molar-refractivity contribution is -0.119. The van der Waals surface area contributed by atoms with Gasteiger partial charge in [-0.15, -0.1) is 0 Å². The van der Waals surface area contributed by atoms with Crippen molar-refractivity contribution in [3.8, 4) is 0 Å². The average molecular weight is 389 g/mol. The largest absolute Gasteiger partial charge is 0.353 e. The van der Waals surface area contributed by atoms with Crippen LogP contribution in [-0.2, 0) is 17.8 Å². The first-order valence-electron chi connectivity index (χ1n) is 10.1. The van der Waals surface area contributed by atoms with Crippen molar-refractivity contribution in [2.45, 2.75) is 31.8 Å². The fraction of sp³-hybridized carbons (Fsp3) is 0.364. The Hall–Kier alpha value is -3.22. The molecule has 2 aliphatic heterocycles. The maximum absolute atomic E-state index is 13.0. The highest BCUT2D eigenvalue weighted by molar-refractivity contribution is 5.96. The Morgan fingerprint density at radius 3 is 2.93 bits per heavy atom. The number of carbonyl (C=O) groups is 2. The summed E-state index contributed by atoms with van der Waals surface area (Å²) in [6, 6.07) is 12.4. The van der Waals surface area contributed by atoms with Crippen LogP contribution in [0.4, 0.5) is 0 Å². The van der Waals surface area contributed by atoms with Crippen LogP contribution in [0.5, 0.6) is 0 Å². The number of nitrogens with one attached hydrogen (secondary N) is 1. The summed E-state index contributed by atoms with van der Waals surface area (Å²) >= 11 is 0. The van der Waals surface area contributed by atoms with Crippen molar-refractivity contribution >= 4 is 23.0 Å². The number of aryl methyl sites for hydroxylation is 2. The first kappa shape index (κ1) is 17.8.